The van der Waals surface area contributed by atoms with Gasteiger partial charge in [-0.2, -0.15) is 0 Å². The van der Waals surface area contributed by atoms with Gasteiger partial charge in [0.05, 0.1) is 20.9 Å². The molecule has 0 unspecified atom stereocenters. The van der Waals surface area contributed by atoms with E-state index in [1.165, 1.54) is 97.1 Å². The monoisotopic (exact) mass is 658 g/mol. The largest absolute Gasteiger partial charge is 0.457 e. The Morgan fingerprint density at radius 2 is 0.830 bits per heavy atom. The molecule has 0 atom stereocenters. The minimum Gasteiger partial charge on any atom is -0.457 e. The van der Waals surface area contributed by atoms with Gasteiger partial charge in [-0.05, 0) is 97.1 Å². The molecule has 4 aromatic carbocycles. The second-order valence-corrected chi connectivity index (χ2v) is 11.1. The lowest BCUT2D eigenvalue weighted by Crippen LogP contribution is -2.10. The Labute approximate surface area is 269 Å². The van der Waals surface area contributed by atoms with Gasteiger partial charge in [-0.15, -0.1) is 0 Å². The van der Waals surface area contributed by atoms with E-state index < -0.39 is 33.7 Å². The van der Waals surface area contributed by atoms with Crippen molar-refractivity contribution in [3.05, 3.63) is 133 Å². The number of hydrogen-bond acceptors (Lipinski definition) is 12. The summed E-state index contributed by atoms with van der Waals surface area (Å²) in [5.41, 5.74) is 0.403. The zero-order valence-corrected chi connectivity index (χ0v) is 25.3. The average Bonchev–Trinajstić information content (AvgIpc) is 3.09. The fourth-order valence-electron chi connectivity index (χ4n) is 3.65. The van der Waals surface area contributed by atoms with Crippen LogP contribution in [0.3, 0.4) is 0 Å². The van der Waals surface area contributed by atoms with E-state index in [1.54, 1.807) is 0 Å². The van der Waals surface area contributed by atoms with Crippen LogP contribution in [-0.4, -0.2) is 45.9 Å². The molecule has 0 aliphatic heterocycles. The first-order valence-electron chi connectivity index (χ1n) is 13.5. The van der Waals surface area contributed by atoms with Gasteiger partial charge in [-0.1, -0.05) is 13.2 Å². The van der Waals surface area contributed by atoms with Crippen LogP contribution in [0.25, 0.3) is 0 Å². The summed E-state index contributed by atoms with van der Waals surface area (Å²) in [6, 6.07) is 22.3. The Hall–Kier alpha value is -6.21. The summed E-state index contributed by atoms with van der Waals surface area (Å²) in [4.78, 5) is 47.1. The van der Waals surface area contributed by atoms with Crippen molar-refractivity contribution in [2.75, 3.05) is 13.6 Å². The highest BCUT2D eigenvalue weighted by molar-refractivity contribution is 7.91. The standard InChI is InChI=1S/C34H26O12S/c1-3-31(35)43-21-41-25-9-5-23(6-10-25)33(37)45-27-13-17-29(18-14-27)47(39,40)30-19-15-28(16-20-30)46-34(38)24-7-11-26(12-8-24)42-22-44-32(36)4-2/h3-20H,1-2,21-22H2. The molecule has 12 nitrogen and oxygen atoms in total. The SMILES string of the molecule is C=CC(=O)OCOc1ccc(C(=O)Oc2ccc(S(=O)(=O)c3ccc(OC(=O)c4ccc(OCOC(=O)C=C)cc4)cc3)cc2)cc1. The fraction of sp³-hybridized carbons (Fsp3) is 0.0588. The van der Waals surface area contributed by atoms with Crippen molar-refractivity contribution in [3.63, 3.8) is 0 Å². The van der Waals surface area contributed by atoms with Crippen molar-refractivity contribution >= 4 is 33.7 Å². The van der Waals surface area contributed by atoms with E-state index in [-0.39, 0.29) is 46.0 Å². The van der Waals surface area contributed by atoms with Gasteiger partial charge in [-0.3, -0.25) is 0 Å². The number of esters is 4. The Morgan fingerprint density at radius 1 is 0.511 bits per heavy atom. The fourth-order valence-corrected chi connectivity index (χ4v) is 4.91. The van der Waals surface area contributed by atoms with Crippen molar-refractivity contribution in [2.24, 2.45) is 0 Å². The van der Waals surface area contributed by atoms with Crippen molar-refractivity contribution in [3.8, 4) is 23.0 Å². The molecular weight excluding hydrogens is 632 g/mol. The third-order valence-electron chi connectivity index (χ3n) is 6.06. The summed E-state index contributed by atoms with van der Waals surface area (Å²) in [5, 5.41) is 0. The quantitative estimate of drug-likeness (QED) is 0.0766. The number of hydrogen-bond donors (Lipinski definition) is 0. The molecule has 0 saturated carbocycles. The van der Waals surface area contributed by atoms with Crippen molar-refractivity contribution < 1.29 is 56.0 Å². The van der Waals surface area contributed by atoms with Crippen LogP contribution < -0.4 is 18.9 Å². The number of rotatable bonds is 14. The van der Waals surface area contributed by atoms with Crippen LogP contribution in [0.5, 0.6) is 23.0 Å². The summed E-state index contributed by atoms with van der Waals surface area (Å²) < 4.78 is 56.9. The number of sulfone groups is 1. The Kier molecular flexibility index (Phi) is 11.2. The van der Waals surface area contributed by atoms with Crippen LogP contribution in [0.4, 0.5) is 0 Å². The maximum Gasteiger partial charge on any atom is 0.343 e. The van der Waals surface area contributed by atoms with E-state index in [1.807, 2.05) is 0 Å². The highest BCUT2D eigenvalue weighted by Gasteiger charge is 2.19. The Bertz CT molecular complexity index is 1730. The zero-order chi connectivity index (χ0) is 33.8. The topological polar surface area (TPSA) is 158 Å². The smallest absolute Gasteiger partial charge is 0.343 e. The highest BCUT2D eigenvalue weighted by Crippen LogP contribution is 2.26. The maximum absolute atomic E-state index is 13.2. The molecule has 0 heterocycles. The molecule has 0 aliphatic rings. The van der Waals surface area contributed by atoms with Gasteiger partial charge in [-0.25, -0.2) is 27.6 Å². The van der Waals surface area contributed by atoms with E-state index in [0.29, 0.717) is 11.5 Å². The summed E-state index contributed by atoms with van der Waals surface area (Å²) in [6.07, 6.45) is 2.00. The van der Waals surface area contributed by atoms with Gasteiger partial charge < -0.3 is 28.4 Å². The lowest BCUT2D eigenvalue weighted by Gasteiger charge is -2.09. The molecule has 0 aliphatic carbocycles. The van der Waals surface area contributed by atoms with Crippen LogP contribution in [0, 0.1) is 0 Å². The molecule has 0 spiro atoms. The Morgan fingerprint density at radius 3 is 1.15 bits per heavy atom. The molecule has 240 valence electrons. The third-order valence-corrected chi connectivity index (χ3v) is 7.84. The van der Waals surface area contributed by atoms with Crippen molar-refractivity contribution in [2.45, 2.75) is 9.79 Å². The third kappa shape index (κ3) is 9.39. The highest BCUT2D eigenvalue weighted by atomic mass is 32.2. The first-order chi connectivity index (χ1) is 22.6. The summed E-state index contributed by atoms with van der Waals surface area (Å²) in [7, 11) is -3.96. The maximum atomic E-state index is 13.2. The number of ether oxygens (including phenoxy) is 6. The summed E-state index contributed by atoms with van der Waals surface area (Å²) >= 11 is 0. The van der Waals surface area contributed by atoms with Gasteiger partial charge in [0.15, 0.2) is 0 Å². The molecule has 0 radical (unpaired) electrons. The minimum atomic E-state index is -3.96. The molecule has 13 heteroatoms. The first-order valence-corrected chi connectivity index (χ1v) is 15.0. The second-order valence-electron chi connectivity index (χ2n) is 9.13. The van der Waals surface area contributed by atoms with Crippen molar-refractivity contribution in [1.82, 2.24) is 0 Å². The number of carbonyl (C=O) groups excluding carboxylic acids is 4. The molecule has 0 bridgehead atoms. The molecule has 0 saturated heterocycles. The predicted molar refractivity (Wildman–Crippen MR) is 165 cm³/mol. The van der Waals surface area contributed by atoms with Gasteiger partial charge >= 0.3 is 23.9 Å². The first kappa shape index (κ1) is 33.7. The molecular formula is C34H26O12S. The van der Waals surface area contributed by atoms with E-state index in [9.17, 15) is 27.6 Å². The van der Waals surface area contributed by atoms with E-state index in [0.717, 1.165) is 12.2 Å². The van der Waals surface area contributed by atoms with Crippen LogP contribution >= 0.6 is 0 Å². The predicted octanol–water partition coefficient (Wildman–Crippen LogP) is 5.09. The minimum absolute atomic E-state index is 0.0535. The van der Waals surface area contributed by atoms with Crippen LogP contribution in [0.1, 0.15) is 20.7 Å². The number of carbonyl (C=O) groups is 4. The average molecular weight is 659 g/mol. The number of benzene rings is 4. The van der Waals surface area contributed by atoms with Crippen LogP contribution in [0.2, 0.25) is 0 Å². The molecule has 0 fully saturated rings. The molecule has 4 aromatic rings. The normalized spacial score (nSPS) is 10.6. The van der Waals surface area contributed by atoms with Crippen LogP contribution in [0.15, 0.2) is 132 Å². The van der Waals surface area contributed by atoms with E-state index in [4.69, 9.17) is 28.4 Å². The summed E-state index contributed by atoms with van der Waals surface area (Å²) in [5.74, 6) is -1.72. The molecule has 0 aromatic heterocycles. The van der Waals surface area contributed by atoms with Crippen LogP contribution in [-0.2, 0) is 28.9 Å². The zero-order valence-electron chi connectivity index (χ0n) is 24.5. The molecule has 4 rings (SSSR count). The lowest BCUT2D eigenvalue weighted by atomic mass is 10.2. The van der Waals surface area contributed by atoms with E-state index in [2.05, 4.69) is 13.2 Å². The molecule has 0 N–H and O–H groups in total. The summed E-state index contributed by atoms with van der Waals surface area (Å²) in [6.45, 7) is 5.90. The van der Waals surface area contributed by atoms with Crippen molar-refractivity contribution in [1.29, 1.82) is 0 Å². The van der Waals surface area contributed by atoms with Gasteiger partial charge in [0.1, 0.15) is 23.0 Å². The second kappa shape index (κ2) is 15.7. The lowest BCUT2D eigenvalue weighted by molar-refractivity contribution is -0.145. The van der Waals surface area contributed by atoms with E-state index >= 15 is 0 Å². The Balaban J connectivity index is 1.31. The molecule has 47 heavy (non-hydrogen) atoms. The van der Waals surface area contributed by atoms with Gasteiger partial charge in [0, 0.05) is 12.2 Å². The van der Waals surface area contributed by atoms with Gasteiger partial charge in [0.2, 0.25) is 23.4 Å². The van der Waals surface area contributed by atoms with Gasteiger partial charge in [0.25, 0.3) is 0 Å². The molecule has 0 amide bonds.